The number of hydrogen-bond donors (Lipinski definition) is 1. The highest BCUT2D eigenvalue weighted by Crippen LogP contribution is 2.33. The number of para-hydroxylation sites is 1. The highest BCUT2D eigenvalue weighted by Gasteiger charge is 2.42. The van der Waals surface area contributed by atoms with Crippen molar-refractivity contribution in [2.45, 2.75) is 19.8 Å². The third-order valence-electron chi connectivity index (χ3n) is 6.71. The first kappa shape index (κ1) is 19.8. The van der Waals surface area contributed by atoms with E-state index in [1.807, 2.05) is 35.2 Å². The first-order valence-electron chi connectivity index (χ1n) is 10.8. The Morgan fingerprint density at radius 2 is 1.90 bits per heavy atom. The molecule has 2 saturated heterocycles. The Hall–Kier alpha value is -3.16. The molecule has 1 amide bonds. The van der Waals surface area contributed by atoms with E-state index in [1.54, 1.807) is 6.92 Å². The molecule has 1 N–H and O–H groups in total. The molecule has 2 unspecified atom stereocenters. The molecule has 2 atom stereocenters. The van der Waals surface area contributed by atoms with E-state index < -0.39 is 11.4 Å². The van der Waals surface area contributed by atoms with Crippen molar-refractivity contribution in [2.24, 2.45) is 18.9 Å². The Morgan fingerprint density at radius 1 is 1.19 bits per heavy atom. The lowest BCUT2D eigenvalue weighted by Gasteiger charge is -2.22. The van der Waals surface area contributed by atoms with Crippen molar-refractivity contribution in [3.63, 3.8) is 0 Å². The molecular weight excluding hydrogens is 397 g/mol. The first-order chi connectivity index (χ1) is 14.9. The van der Waals surface area contributed by atoms with Gasteiger partial charge in [0.15, 0.2) is 0 Å². The van der Waals surface area contributed by atoms with Gasteiger partial charge in [-0.25, -0.2) is 4.98 Å². The van der Waals surface area contributed by atoms with Crippen LogP contribution in [0.2, 0.25) is 0 Å². The van der Waals surface area contributed by atoms with E-state index in [0.717, 1.165) is 16.5 Å². The average Bonchev–Trinajstić information content (AvgIpc) is 3.42. The Morgan fingerprint density at radius 3 is 2.61 bits per heavy atom. The fraction of sp³-hybridized carbons (Fsp3) is 0.435. The second-order valence-corrected chi connectivity index (χ2v) is 8.69. The number of halogens is 1. The zero-order valence-corrected chi connectivity index (χ0v) is 17.8. The second kappa shape index (κ2) is 7.51. The van der Waals surface area contributed by atoms with Crippen LogP contribution in [0.1, 0.15) is 18.2 Å². The Balaban J connectivity index is 1.26. The molecule has 0 aliphatic carbocycles. The largest absolute Gasteiger partial charge is 0.350 e. The van der Waals surface area contributed by atoms with Crippen LogP contribution in [0.5, 0.6) is 0 Å². The number of nitrogens with one attached hydrogen (secondary N) is 1. The minimum absolute atomic E-state index is 0.152. The second-order valence-electron chi connectivity index (χ2n) is 8.69. The monoisotopic (exact) mass is 423 g/mol. The summed E-state index contributed by atoms with van der Waals surface area (Å²) in [6, 6.07) is 8.14. The number of fused-ring (bicyclic) bond motifs is 2. The molecule has 1 aromatic carbocycles. The molecule has 2 fully saturated rings. The minimum Gasteiger partial charge on any atom is -0.350 e. The van der Waals surface area contributed by atoms with E-state index in [-0.39, 0.29) is 11.6 Å². The Labute approximate surface area is 179 Å². The SMILES string of the molecule is CCc1nc(N2CC3CN(C(=O)Cc4cn(C)c5ccccc45)CC3C2)[nH]c(=O)c1F. The summed E-state index contributed by atoms with van der Waals surface area (Å²) in [6.45, 7) is 4.61. The Bertz CT molecular complexity index is 1200. The summed E-state index contributed by atoms with van der Waals surface area (Å²) in [7, 11) is 2.00. The zero-order chi connectivity index (χ0) is 21.7. The number of hydrogen-bond acceptors (Lipinski definition) is 4. The lowest BCUT2D eigenvalue weighted by Crippen LogP contribution is -2.35. The van der Waals surface area contributed by atoms with Gasteiger partial charge in [-0.3, -0.25) is 14.6 Å². The zero-order valence-electron chi connectivity index (χ0n) is 17.8. The van der Waals surface area contributed by atoms with Crippen molar-refractivity contribution in [1.29, 1.82) is 0 Å². The van der Waals surface area contributed by atoms with Crippen LogP contribution in [0.4, 0.5) is 10.3 Å². The summed E-state index contributed by atoms with van der Waals surface area (Å²) in [4.78, 5) is 35.8. The molecule has 0 radical (unpaired) electrons. The van der Waals surface area contributed by atoms with Gasteiger partial charge in [0.05, 0.1) is 12.1 Å². The lowest BCUT2D eigenvalue weighted by molar-refractivity contribution is -0.129. The molecule has 162 valence electrons. The standard InChI is InChI=1S/C23H26FN5O2/c1-3-18-21(24)22(31)26-23(25-18)29-12-15-10-28(11-16(15)13-29)20(30)8-14-9-27(2)19-7-5-4-6-17(14)19/h4-7,9,15-16H,3,8,10-13H2,1-2H3,(H,25,26,31). The normalized spacial score (nSPS) is 20.6. The maximum Gasteiger partial charge on any atom is 0.288 e. The van der Waals surface area contributed by atoms with Crippen LogP contribution in [0.15, 0.2) is 35.3 Å². The average molecular weight is 423 g/mol. The van der Waals surface area contributed by atoms with Crippen molar-refractivity contribution >= 4 is 22.8 Å². The van der Waals surface area contributed by atoms with Crippen molar-refractivity contribution in [3.05, 3.63) is 57.9 Å². The number of aromatic nitrogens is 3. The van der Waals surface area contributed by atoms with Gasteiger partial charge >= 0.3 is 0 Å². The molecule has 5 rings (SSSR count). The summed E-state index contributed by atoms with van der Waals surface area (Å²) in [5, 5.41) is 1.13. The van der Waals surface area contributed by atoms with E-state index >= 15 is 0 Å². The smallest absolute Gasteiger partial charge is 0.288 e. The fourth-order valence-corrected chi connectivity index (χ4v) is 5.09. The molecule has 0 saturated carbocycles. The number of likely N-dealkylation sites (tertiary alicyclic amines) is 1. The quantitative estimate of drug-likeness (QED) is 0.698. The van der Waals surface area contributed by atoms with Gasteiger partial charge < -0.3 is 14.4 Å². The van der Waals surface area contributed by atoms with E-state index in [9.17, 15) is 14.0 Å². The highest BCUT2D eigenvalue weighted by molar-refractivity contribution is 5.89. The number of anilines is 1. The molecule has 3 aromatic rings. The minimum atomic E-state index is -0.796. The molecule has 0 bridgehead atoms. The van der Waals surface area contributed by atoms with Crippen LogP contribution >= 0.6 is 0 Å². The number of nitrogens with zero attached hydrogens (tertiary/aromatic N) is 4. The summed E-state index contributed by atoms with van der Waals surface area (Å²) in [5.74, 6) is 0.454. The molecule has 2 aromatic heterocycles. The molecule has 2 aliphatic heterocycles. The van der Waals surface area contributed by atoms with Crippen LogP contribution < -0.4 is 10.5 Å². The molecule has 31 heavy (non-hydrogen) atoms. The van der Waals surface area contributed by atoms with Crippen molar-refractivity contribution in [3.8, 4) is 0 Å². The van der Waals surface area contributed by atoms with Crippen LogP contribution in [0, 0.1) is 17.7 Å². The van der Waals surface area contributed by atoms with E-state index in [0.29, 0.717) is 56.8 Å². The van der Waals surface area contributed by atoms with Gasteiger partial charge in [-0.1, -0.05) is 25.1 Å². The molecule has 0 spiro atoms. The number of carbonyl (C=O) groups is 1. The van der Waals surface area contributed by atoms with Gasteiger partial charge in [-0.15, -0.1) is 0 Å². The number of aryl methyl sites for hydroxylation is 2. The van der Waals surface area contributed by atoms with Crippen molar-refractivity contribution in [2.75, 3.05) is 31.1 Å². The van der Waals surface area contributed by atoms with E-state index in [4.69, 9.17) is 0 Å². The van der Waals surface area contributed by atoms with Gasteiger partial charge in [-0.2, -0.15) is 4.39 Å². The Kier molecular flexibility index (Phi) is 4.79. The first-order valence-corrected chi connectivity index (χ1v) is 10.8. The van der Waals surface area contributed by atoms with E-state index in [1.165, 1.54) is 0 Å². The van der Waals surface area contributed by atoms with Crippen LogP contribution in [-0.2, 0) is 24.7 Å². The van der Waals surface area contributed by atoms with Crippen LogP contribution in [0.25, 0.3) is 10.9 Å². The highest BCUT2D eigenvalue weighted by atomic mass is 19.1. The van der Waals surface area contributed by atoms with Crippen molar-refractivity contribution < 1.29 is 9.18 Å². The lowest BCUT2D eigenvalue weighted by atomic mass is 10.0. The number of carbonyl (C=O) groups excluding carboxylic acids is 1. The van der Waals surface area contributed by atoms with Crippen LogP contribution in [-0.4, -0.2) is 51.5 Å². The summed E-state index contributed by atoms with van der Waals surface area (Å²) in [6.07, 6.45) is 2.82. The maximum atomic E-state index is 13.8. The summed E-state index contributed by atoms with van der Waals surface area (Å²) in [5.41, 5.74) is 1.67. The third kappa shape index (κ3) is 3.40. The third-order valence-corrected chi connectivity index (χ3v) is 6.71. The van der Waals surface area contributed by atoms with Crippen LogP contribution in [0.3, 0.4) is 0 Å². The number of amides is 1. The fourth-order valence-electron chi connectivity index (χ4n) is 5.09. The topological polar surface area (TPSA) is 74.2 Å². The molecule has 2 aliphatic rings. The molecule has 4 heterocycles. The van der Waals surface area contributed by atoms with Crippen molar-refractivity contribution in [1.82, 2.24) is 19.4 Å². The van der Waals surface area contributed by atoms with Gasteiger partial charge in [0, 0.05) is 62.2 Å². The number of aromatic amines is 1. The maximum absolute atomic E-state index is 13.8. The number of benzene rings is 1. The number of rotatable bonds is 4. The van der Waals surface area contributed by atoms with Gasteiger partial charge in [0.25, 0.3) is 5.56 Å². The predicted molar refractivity (Wildman–Crippen MR) is 117 cm³/mol. The van der Waals surface area contributed by atoms with Gasteiger partial charge in [0.1, 0.15) is 0 Å². The van der Waals surface area contributed by atoms with Gasteiger partial charge in [0.2, 0.25) is 17.7 Å². The summed E-state index contributed by atoms with van der Waals surface area (Å²) >= 11 is 0. The molecular formula is C23H26FN5O2. The summed E-state index contributed by atoms with van der Waals surface area (Å²) < 4.78 is 15.9. The van der Waals surface area contributed by atoms with Gasteiger partial charge in [-0.05, 0) is 18.1 Å². The predicted octanol–water partition coefficient (Wildman–Crippen LogP) is 2.10. The molecule has 8 heteroatoms. The van der Waals surface area contributed by atoms with E-state index in [2.05, 4.69) is 26.7 Å². The number of H-pyrrole nitrogens is 1. The molecule has 7 nitrogen and oxygen atoms in total.